The van der Waals surface area contributed by atoms with Crippen LogP contribution in [0, 0.1) is 5.82 Å². The highest BCUT2D eigenvalue weighted by atomic mass is 32.1. The molecule has 1 aliphatic rings. The van der Waals surface area contributed by atoms with E-state index in [2.05, 4.69) is 23.3 Å². The van der Waals surface area contributed by atoms with Crippen LogP contribution in [0.15, 0.2) is 72.8 Å². The van der Waals surface area contributed by atoms with Gasteiger partial charge in [-0.15, -0.1) is 0 Å². The van der Waals surface area contributed by atoms with E-state index in [0.29, 0.717) is 36.0 Å². The van der Waals surface area contributed by atoms with Gasteiger partial charge in [0.05, 0.1) is 6.04 Å². The molecular formula is C30H33FN2O3S. The lowest BCUT2D eigenvalue weighted by atomic mass is 9.98. The molecule has 5 nitrogen and oxygen atoms in total. The van der Waals surface area contributed by atoms with Crippen molar-refractivity contribution in [3.63, 3.8) is 0 Å². The first kappa shape index (κ1) is 26.9. The second-order valence-electron chi connectivity index (χ2n) is 9.57. The smallest absolute Gasteiger partial charge is 0.252 e. The van der Waals surface area contributed by atoms with Crippen LogP contribution in [0.5, 0.6) is 5.75 Å². The van der Waals surface area contributed by atoms with Crippen molar-refractivity contribution >= 4 is 24.3 Å². The molecular weight excluding hydrogens is 487 g/mol. The number of thiol groups is 1. The number of benzene rings is 3. The fourth-order valence-electron chi connectivity index (χ4n) is 4.43. The van der Waals surface area contributed by atoms with Gasteiger partial charge in [-0.25, -0.2) is 4.39 Å². The Morgan fingerprint density at radius 3 is 2.51 bits per heavy atom. The van der Waals surface area contributed by atoms with Crippen molar-refractivity contribution in [2.75, 3.05) is 13.2 Å². The molecule has 0 radical (unpaired) electrons. The summed E-state index contributed by atoms with van der Waals surface area (Å²) >= 11 is 4.51. The molecule has 3 atom stereocenters. The molecule has 0 aromatic heterocycles. The summed E-state index contributed by atoms with van der Waals surface area (Å²) in [4.78, 5) is 26.1. The van der Waals surface area contributed by atoms with E-state index in [1.54, 1.807) is 25.1 Å². The average molecular weight is 521 g/mol. The lowest BCUT2D eigenvalue weighted by molar-refractivity contribution is -0.119. The number of carbonyl (C=O) groups is 2. The number of carbonyl (C=O) groups excluding carboxylic acids is 2. The van der Waals surface area contributed by atoms with E-state index in [4.69, 9.17) is 4.74 Å². The Labute approximate surface area is 223 Å². The molecule has 2 N–H and O–H groups in total. The van der Waals surface area contributed by atoms with Crippen LogP contribution in [0.3, 0.4) is 0 Å². The predicted molar refractivity (Wildman–Crippen MR) is 147 cm³/mol. The Hall–Kier alpha value is -3.16. The minimum Gasteiger partial charge on any atom is -0.492 e. The summed E-state index contributed by atoms with van der Waals surface area (Å²) in [5.74, 6) is -0.0554. The second-order valence-corrected chi connectivity index (χ2v) is 10.3. The number of rotatable bonds is 11. The number of amides is 1. The number of hydrogen-bond donors (Lipinski definition) is 3. The molecule has 0 saturated carbocycles. The summed E-state index contributed by atoms with van der Waals surface area (Å²) in [6, 6.07) is 20.9. The van der Waals surface area contributed by atoms with Crippen LogP contribution in [-0.4, -0.2) is 42.2 Å². The number of halogens is 1. The molecule has 3 aromatic carbocycles. The summed E-state index contributed by atoms with van der Waals surface area (Å²) in [5, 5.41) is 6.58. The number of ketones is 1. The van der Waals surface area contributed by atoms with Gasteiger partial charge in [0.1, 0.15) is 18.2 Å². The Balaban J connectivity index is 1.46. The zero-order chi connectivity index (χ0) is 26.2. The number of ether oxygens (including phenoxy) is 1. The van der Waals surface area contributed by atoms with Crippen LogP contribution in [-0.2, 0) is 24.1 Å². The van der Waals surface area contributed by atoms with Crippen molar-refractivity contribution in [2.24, 2.45) is 0 Å². The minimum absolute atomic E-state index is 0.0616. The maximum Gasteiger partial charge on any atom is 0.252 e. The normalized spacial score (nSPS) is 17.8. The Morgan fingerprint density at radius 1 is 1.05 bits per heavy atom. The molecule has 0 bridgehead atoms. The highest BCUT2D eigenvalue weighted by molar-refractivity contribution is 7.81. The fraction of sp³-hybridized carbons (Fsp3) is 0.333. The molecule has 1 aliphatic heterocycles. The third kappa shape index (κ3) is 7.91. The standard InChI is InChI=1S/C30H33FN2O3S/c1-20(29(34)15-22-5-3-2-4-6-22)33-30(35)28-17-26(36-19-25-16-27(37)18-32-25)14-11-23(28)10-7-21-8-12-24(31)13-9-21/h2-6,8-9,11-14,17,20,25,27,32,37H,7,10,15-16,18-19H2,1H3,(H,33,35)/t20-,25-,27-/m0/s1. The van der Waals surface area contributed by atoms with Gasteiger partial charge in [-0.3, -0.25) is 9.59 Å². The SMILES string of the molecule is C[C@H](NC(=O)c1cc(OC[C@@H]2C[C@H](S)CN2)ccc1CCc1ccc(F)cc1)C(=O)Cc1ccccc1. The number of nitrogens with one attached hydrogen (secondary N) is 2. The third-order valence-electron chi connectivity index (χ3n) is 6.62. The molecule has 37 heavy (non-hydrogen) atoms. The molecule has 1 saturated heterocycles. The highest BCUT2D eigenvalue weighted by Gasteiger charge is 2.23. The van der Waals surface area contributed by atoms with Crippen molar-refractivity contribution in [1.82, 2.24) is 10.6 Å². The maximum atomic E-state index is 13.4. The zero-order valence-corrected chi connectivity index (χ0v) is 21.8. The van der Waals surface area contributed by atoms with Gasteiger partial charge in [0.2, 0.25) is 0 Å². The van der Waals surface area contributed by atoms with Crippen molar-refractivity contribution < 1.29 is 18.7 Å². The Bertz CT molecular complexity index is 1200. The van der Waals surface area contributed by atoms with E-state index in [1.807, 2.05) is 42.5 Å². The largest absolute Gasteiger partial charge is 0.492 e. The monoisotopic (exact) mass is 520 g/mol. The van der Waals surface area contributed by atoms with Crippen LogP contribution in [0.4, 0.5) is 4.39 Å². The van der Waals surface area contributed by atoms with Gasteiger partial charge < -0.3 is 15.4 Å². The molecule has 1 amide bonds. The van der Waals surface area contributed by atoms with E-state index >= 15 is 0 Å². The van der Waals surface area contributed by atoms with Gasteiger partial charge in [-0.1, -0.05) is 48.5 Å². The summed E-state index contributed by atoms with van der Waals surface area (Å²) in [6.45, 7) is 3.04. The second kappa shape index (κ2) is 12.9. The number of aryl methyl sites for hydroxylation is 2. The third-order valence-corrected chi connectivity index (χ3v) is 7.02. The van der Waals surface area contributed by atoms with E-state index in [9.17, 15) is 14.0 Å². The Kier molecular flexibility index (Phi) is 9.36. The van der Waals surface area contributed by atoms with Gasteiger partial charge in [0.15, 0.2) is 5.78 Å². The first-order valence-corrected chi connectivity index (χ1v) is 13.2. The molecule has 4 rings (SSSR count). The highest BCUT2D eigenvalue weighted by Crippen LogP contribution is 2.22. The van der Waals surface area contributed by atoms with Crippen LogP contribution in [0.2, 0.25) is 0 Å². The van der Waals surface area contributed by atoms with Crippen molar-refractivity contribution in [1.29, 1.82) is 0 Å². The molecule has 0 aliphatic carbocycles. The van der Waals surface area contributed by atoms with Crippen LogP contribution >= 0.6 is 12.6 Å². The van der Waals surface area contributed by atoms with Gasteiger partial charge >= 0.3 is 0 Å². The molecule has 0 spiro atoms. The average Bonchev–Trinajstić information content (AvgIpc) is 3.32. The molecule has 1 heterocycles. The fourth-order valence-corrected chi connectivity index (χ4v) is 4.79. The van der Waals surface area contributed by atoms with Crippen LogP contribution in [0.1, 0.15) is 40.4 Å². The van der Waals surface area contributed by atoms with Crippen molar-refractivity contribution in [3.05, 3.63) is 101 Å². The molecule has 7 heteroatoms. The van der Waals surface area contributed by atoms with Gasteiger partial charge in [0, 0.05) is 29.8 Å². The van der Waals surface area contributed by atoms with Gasteiger partial charge in [-0.2, -0.15) is 12.6 Å². The lowest BCUT2D eigenvalue weighted by Gasteiger charge is -2.17. The number of hydrogen-bond acceptors (Lipinski definition) is 5. The maximum absolute atomic E-state index is 13.4. The van der Waals surface area contributed by atoms with Gasteiger partial charge in [-0.05, 0) is 67.1 Å². The topological polar surface area (TPSA) is 67.4 Å². The number of Topliss-reactive ketones (excluding diaryl/α,β-unsaturated/α-hetero) is 1. The molecule has 1 fully saturated rings. The quantitative estimate of drug-likeness (QED) is 0.324. The van der Waals surface area contributed by atoms with Crippen LogP contribution in [0.25, 0.3) is 0 Å². The lowest BCUT2D eigenvalue weighted by Crippen LogP contribution is -2.39. The molecule has 3 aromatic rings. The minimum atomic E-state index is -0.641. The van der Waals surface area contributed by atoms with Crippen molar-refractivity contribution in [3.8, 4) is 5.75 Å². The van der Waals surface area contributed by atoms with Crippen LogP contribution < -0.4 is 15.4 Å². The van der Waals surface area contributed by atoms with Gasteiger partial charge in [0.25, 0.3) is 5.91 Å². The van der Waals surface area contributed by atoms with E-state index < -0.39 is 6.04 Å². The van der Waals surface area contributed by atoms with Crippen molar-refractivity contribution in [2.45, 2.75) is 49.9 Å². The predicted octanol–water partition coefficient (Wildman–Crippen LogP) is 4.58. The zero-order valence-electron chi connectivity index (χ0n) is 21.0. The summed E-state index contributed by atoms with van der Waals surface area (Å²) < 4.78 is 19.3. The summed E-state index contributed by atoms with van der Waals surface area (Å²) in [7, 11) is 0. The van der Waals surface area contributed by atoms with E-state index in [0.717, 1.165) is 29.7 Å². The first-order valence-electron chi connectivity index (χ1n) is 12.7. The Morgan fingerprint density at radius 2 is 1.81 bits per heavy atom. The molecule has 194 valence electrons. The molecule has 0 unspecified atom stereocenters. The first-order chi connectivity index (χ1) is 17.9. The summed E-state index contributed by atoms with van der Waals surface area (Å²) in [6.07, 6.45) is 2.42. The van der Waals surface area contributed by atoms with E-state index in [-0.39, 0.29) is 30.0 Å². The summed E-state index contributed by atoms with van der Waals surface area (Å²) in [5.41, 5.74) is 3.21. The van der Waals surface area contributed by atoms with E-state index in [1.165, 1.54) is 12.1 Å².